The molecular formula is C20H35IN4S. The molecule has 0 aliphatic carbocycles. The van der Waals surface area contributed by atoms with Crippen molar-refractivity contribution in [3.63, 3.8) is 0 Å². The van der Waals surface area contributed by atoms with Gasteiger partial charge >= 0.3 is 0 Å². The zero-order chi connectivity index (χ0) is 18.1. The number of hydrogen-bond donors (Lipinski definition) is 2. The topological polar surface area (TPSA) is 39.7 Å². The van der Waals surface area contributed by atoms with Crippen molar-refractivity contribution < 1.29 is 0 Å². The van der Waals surface area contributed by atoms with E-state index < -0.39 is 0 Å². The average Bonchev–Trinajstić information content (AvgIpc) is 3.05. The summed E-state index contributed by atoms with van der Waals surface area (Å²) in [4.78, 5) is 8.61. The van der Waals surface area contributed by atoms with Gasteiger partial charge in [0.15, 0.2) is 5.96 Å². The number of nitrogens with zero attached hydrogens (tertiary/aromatic N) is 2. The molecule has 1 aromatic carbocycles. The van der Waals surface area contributed by atoms with Crippen LogP contribution in [0.3, 0.4) is 0 Å². The van der Waals surface area contributed by atoms with Gasteiger partial charge in [-0.2, -0.15) is 0 Å². The molecule has 1 aromatic rings. The van der Waals surface area contributed by atoms with Crippen LogP contribution in [0.15, 0.2) is 40.2 Å². The molecule has 0 radical (unpaired) electrons. The summed E-state index contributed by atoms with van der Waals surface area (Å²) < 4.78 is 0. The molecule has 1 heterocycles. The molecule has 0 amide bonds. The Labute approximate surface area is 181 Å². The van der Waals surface area contributed by atoms with Crippen molar-refractivity contribution in [2.75, 3.05) is 38.5 Å². The zero-order valence-electron chi connectivity index (χ0n) is 16.6. The molecule has 2 N–H and O–H groups in total. The number of benzene rings is 1. The third-order valence-electron chi connectivity index (χ3n) is 4.18. The molecule has 0 saturated carbocycles. The molecule has 148 valence electrons. The molecule has 4 nitrogen and oxygen atoms in total. The van der Waals surface area contributed by atoms with E-state index in [4.69, 9.17) is 4.99 Å². The van der Waals surface area contributed by atoms with Gasteiger partial charge in [0.05, 0.1) is 6.54 Å². The highest BCUT2D eigenvalue weighted by Crippen LogP contribution is 2.25. The summed E-state index contributed by atoms with van der Waals surface area (Å²) in [5.41, 5.74) is 0.154. The van der Waals surface area contributed by atoms with E-state index in [0.717, 1.165) is 44.6 Å². The summed E-state index contributed by atoms with van der Waals surface area (Å²) in [5, 5.41) is 6.96. The largest absolute Gasteiger partial charge is 0.357 e. The highest BCUT2D eigenvalue weighted by molar-refractivity contribution is 14.0. The highest BCUT2D eigenvalue weighted by Gasteiger charge is 2.24. The molecule has 26 heavy (non-hydrogen) atoms. The van der Waals surface area contributed by atoms with E-state index in [1.54, 1.807) is 0 Å². The van der Waals surface area contributed by atoms with Crippen LogP contribution in [0.1, 0.15) is 34.1 Å². The molecule has 1 aliphatic heterocycles. The lowest BCUT2D eigenvalue weighted by Crippen LogP contribution is -2.41. The van der Waals surface area contributed by atoms with Crippen molar-refractivity contribution in [1.29, 1.82) is 0 Å². The van der Waals surface area contributed by atoms with E-state index in [9.17, 15) is 0 Å². The van der Waals surface area contributed by atoms with Gasteiger partial charge in [0.2, 0.25) is 0 Å². The normalized spacial score (nSPS) is 17.9. The molecule has 0 bridgehead atoms. The Morgan fingerprint density at radius 3 is 2.65 bits per heavy atom. The van der Waals surface area contributed by atoms with E-state index in [-0.39, 0.29) is 29.5 Å². The van der Waals surface area contributed by atoms with Crippen molar-refractivity contribution in [3.05, 3.63) is 30.3 Å². The molecule has 1 atom stereocenters. The minimum atomic E-state index is 0. The molecule has 1 unspecified atom stereocenters. The lowest BCUT2D eigenvalue weighted by atomic mass is 10.1. The Balaban J connectivity index is 0.00000338. The number of halogens is 1. The van der Waals surface area contributed by atoms with Gasteiger partial charge in [0, 0.05) is 42.4 Å². The maximum absolute atomic E-state index is 4.81. The summed E-state index contributed by atoms with van der Waals surface area (Å²) in [6.07, 6.45) is 1.25. The minimum Gasteiger partial charge on any atom is -0.357 e. The van der Waals surface area contributed by atoms with Crippen LogP contribution < -0.4 is 10.6 Å². The van der Waals surface area contributed by atoms with Gasteiger partial charge in [-0.05, 0) is 52.2 Å². The van der Waals surface area contributed by atoms with Crippen LogP contribution in [0.2, 0.25) is 0 Å². The van der Waals surface area contributed by atoms with Crippen molar-refractivity contribution in [1.82, 2.24) is 15.5 Å². The molecule has 1 saturated heterocycles. The van der Waals surface area contributed by atoms with Gasteiger partial charge in [0.25, 0.3) is 0 Å². The van der Waals surface area contributed by atoms with Crippen molar-refractivity contribution in [2.24, 2.45) is 10.9 Å². The number of nitrogens with one attached hydrogen (secondary N) is 2. The second-order valence-electron chi connectivity index (χ2n) is 7.64. The van der Waals surface area contributed by atoms with Gasteiger partial charge in [-0.1, -0.05) is 18.2 Å². The van der Waals surface area contributed by atoms with Crippen LogP contribution in [0.4, 0.5) is 0 Å². The van der Waals surface area contributed by atoms with Crippen molar-refractivity contribution in [2.45, 2.75) is 44.6 Å². The summed E-state index contributed by atoms with van der Waals surface area (Å²) in [7, 11) is 0. The van der Waals surface area contributed by atoms with Gasteiger partial charge in [-0.25, -0.2) is 0 Å². The highest BCUT2D eigenvalue weighted by atomic mass is 127. The van der Waals surface area contributed by atoms with E-state index in [0.29, 0.717) is 0 Å². The fourth-order valence-electron chi connectivity index (χ4n) is 2.91. The number of aliphatic imine (C=N–C) groups is 1. The standard InChI is InChI=1S/C20H34N4S.HI/c1-5-21-19(22-12-13-23-20(2,3)4)24-14-11-17(15-24)16-25-18-9-7-6-8-10-18;/h6-10,17,23H,5,11-16H2,1-4H3,(H,21,22);1H. The molecule has 1 aliphatic rings. The average molecular weight is 490 g/mol. The fourth-order valence-corrected chi connectivity index (χ4v) is 3.96. The molecule has 0 aromatic heterocycles. The number of thioether (sulfide) groups is 1. The zero-order valence-corrected chi connectivity index (χ0v) is 19.8. The Morgan fingerprint density at radius 1 is 1.27 bits per heavy atom. The Kier molecular flexibility index (Phi) is 11.0. The first kappa shape index (κ1) is 23.6. The van der Waals surface area contributed by atoms with Crippen LogP contribution in [-0.2, 0) is 0 Å². The van der Waals surface area contributed by atoms with E-state index >= 15 is 0 Å². The Bertz CT molecular complexity index is 530. The molecule has 2 rings (SSSR count). The predicted octanol–water partition coefficient (Wildman–Crippen LogP) is 4.07. The first-order valence-electron chi connectivity index (χ1n) is 9.44. The third kappa shape index (κ3) is 8.95. The molecule has 1 fully saturated rings. The monoisotopic (exact) mass is 490 g/mol. The Hall–Kier alpha value is -0.470. The first-order chi connectivity index (χ1) is 12.0. The number of likely N-dealkylation sites (tertiary alicyclic amines) is 1. The van der Waals surface area contributed by atoms with Crippen molar-refractivity contribution in [3.8, 4) is 0 Å². The maximum Gasteiger partial charge on any atom is 0.193 e. The van der Waals surface area contributed by atoms with Gasteiger partial charge < -0.3 is 15.5 Å². The minimum absolute atomic E-state index is 0. The quantitative estimate of drug-likeness (QED) is 0.199. The number of rotatable bonds is 7. The third-order valence-corrected chi connectivity index (χ3v) is 5.42. The lowest BCUT2D eigenvalue weighted by Gasteiger charge is -2.23. The summed E-state index contributed by atoms with van der Waals surface area (Å²) in [6, 6.07) is 10.7. The van der Waals surface area contributed by atoms with Crippen LogP contribution >= 0.6 is 35.7 Å². The predicted molar refractivity (Wildman–Crippen MR) is 126 cm³/mol. The smallest absolute Gasteiger partial charge is 0.193 e. The van der Waals surface area contributed by atoms with Crippen LogP contribution in [0.5, 0.6) is 0 Å². The summed E-state index contributed by atoms with van der Waals surface area (Å²) >= 11 is 1.97. The van der Waals surface area contributed by atoms with E-state index in [1.807, 2.05) is 11.8 Å². The molecular weight excluding hydrogens is 455 g/mol. The van der Waals surface area contributed by atoms with Gasteiger partial charge in [0.1, 0.15) is 0 Å². The van der Waals surface area contributed by atoms with Crippen molar-refractivity contribution >= 4 is 41.7 Å². The SMILES string of the molecule is CCNC(=NCCNC(C)(C)C)N1CCC(CSc2ccccc2)C1.I. The second-order valence-corrected chi connectivity index (χ2v) is 8.73. The fraction of sp³-hybridized carbons (Fsp3) is 0.650. The summed E-state index contributed by atoms with van der Waals surface area (Å²) in [6.45, 7) is 13.6. The lowest BCUT2D eigenvalue weighted by molar-refractivity contribution is 0.430. The molecule has 6 heteroatoms. The summed E-state index contributed by atoms with van der Waals surface area (Å²) in [5.74, 6) is 3.00. The molecule has 0 spiro atoms. The first-order valence-corrected chi connectivity index (χ1v) is 10.4. The van der Waals surface area contributed by atoms with E-state index in [1.165, 1.54) is 17.1 Å². The van der Waals surface area contributed by atoms with Crippen LogP contribution in [-0.4, -0.2) is 54.9 Å². The number of hydrogen-bond acceptors (Lipinski definition) is 3. The van der Waals surface area contributed by atoms with Gasteiger partial charge in [-0.3, -0.25) is 4.99 Å². The second kappa shape index (κ2) is 12.1. The Morgan fingerprint density at radius 2 is 2.00 bits per heavy atom. The van der Waals surface area contributed by atoms with Gasteiger partial charge in [-0.15, -0.1) is 35.7 Å². The van der Waals surface area contributed by atoms with Crippen LogP contribution in [0, 0.1) is 5.92 Å². The van der Waals surface area contributed by atoms with E-state index in [2.05, 4.69) is 73.6 Å². The van der Waals surface area contributed by atoms with Crippen LogP contribution in [0.25, 0.3) is 0 Å². The number of guanidine groups is 1. The maximum atomic E-state index is 4.81.